The number of rotatable bonds is 5. The summed E-state index contributed by atoms with van der Waals surface area (Å²) >= 11 is 3.33. The van der Waals surface area contributed by atoms with E-state index in [1.54, 1.807) is 16.9 Å². The summed E-state index contributed by atoms with van der Waals surface area (Å²) in [6.45, 7) is 2.46. The molecule has 2 aromatic rings. The Morgan fingerprint density at radius 3 is 2.90 bits per heavy atom. The Labute approximate surface area is 124 Å². The Balaban J connectivity index is 2.18. The van der Waals surface area contributed by atoms with E-state index in [1.165, 1.54) is 12.1 Å². The number of aromatic nitrogens is 3. The Hall–Kier alpha value is -1.80. The zero-order valence-corrected chi connectivity index (χ0v) is 12.4. The van der Waals surface area contributed by atoms with Crippen molar-refractivity contribution in [3.05, 3.63) is 50.2 Å². The van der Waals surface area contributed by atoms with Gasteiger partial charge in [-0.1, -0.05) is 28.1 Å². The Morgan fingerprint density at radius 2 is 2.30 bits per heavy atom. The lowest BCUT2D eigenvalue weighted by Crippen LogP contribution is -2.08. The molecule has 0 fully saturated rings. The van der Waals surface area contributed by atoms with E-state index >= 15 is 0 Å². The van der Waals surface area contributed by atoms with Crippen LogP contribution < -0.4 is 5.73 Å². The summed E-state index contributed by atoms with van der Waals surface area (Å²) in [7, 11) is 0. The number of hydrogen-bond donors (Lipinski definition) is 1. The molecule has 20 heavy (non-hydrogen) atoms. The highest BCUT2D eigenvalue weighted by atomic mass is 79.9. The number of halogens is 1. The number of nitrogens with zero attached hydrogens (tertiary/aromatic N) is 4. The van der Waals surface area contributed by atoms with E-state index < -0.39 is 4.92 Å². The first-order valence-corrected chi connectivity index (χ1v) is 6.89. The Bertz CT molecular complexity index is 628. The highest BCUT2D eigenvalue weighted by Gasteiger charge is 2.12. The van der Waals surface area contributed by atoms with Crippen LogP contribution >= 0.6 is 15.9 Å². The van der Waals surface area contributed by atoms with Gasteiger partial charge in [-0.2, -0.15) is 0 Å². The Morgan fingerprint density at radius 1 is 1.55 bits per heavy atom. The standard InChI is InChI=1S/C12H14BrN5O2/c1-2-11(14)12-7-17(16-15-12)6-8-3-4-9(18(19)20)5-10(8)13/h3-5,7,11H,2,6,14H2,1H3. The van der Waals surface area contributed by atoms with Gasteiger partial charge in [-0.05, 0) is 18.1 Å². The van der Waals surface area contributed by atoms with Crippen LogP contribution in [0.5, 0.6) is 0 Å². The molecule has 0 aliphatic rings. The van der Waals surface area contributed by atoms with Crippen LogP contribution in [0.3, 0.4) is 0 Å². The predicted molar refractivity (Wildman–Crippen MR) is 77.1 cm³/mol. The van der Waals surface area contributed by atoms with E-state index in [1.807, 2.05) is 6.92 Å². The molecule has 0 bridgehead atoms. The minimum Gasteiger partial charge on any atom is -0.323 e. The van der Waals surface area contributed by atoms with Crippen LogP contribution in [0.25, 0.3) is 0 Å². The maximum Gasteiger partial charge on any atom is 0.270 e. The van der Waals surface area contributed by atoms with Gasteiger partial charge in [0.25, 0.3) is 5.69 Å². The second-order valence-corrected chi connectivity index (χ2v) is 5.24. The van der Waals surface area contributed by atoms with Gasteiger partial charge < -0.3 is 5.73 Å². The van der Waals surface area contributed by atoms with E-state index in [9.17, 15) is 10.1 Å². The van der Waals surface area contributed by atoms with Gasteiger partial charge in [0, 0.05) is 16.6 Å². The summed E-state index contributed by atoms with van der Waals surface area (Å²) < 4.78 is 2.33. The molecule has 2 rings (SSSR count). The molecule has 7 nitrogen and oxygen atoms in total. The van der Waals surface area contributed by atoms with Crippen molar-refractivity contribution >= 4 is 21.6 Å². The third-order valence-electron chi connectivity index (χ3n) is 2.96. The minimum atomic E-state index is -0.428. The number of benzene rings is 1. The number of nitro benzene ring substituents is 1. The Kier molecular flexibility index (Phi) is 4.46. The summed E-state index contributed by atoms with van der Waals surface area (Å²) in [4.78, 5) is 10.2. The summed E-state index contributed by atoms with van der Waals surface area (Å²) in [5, 5.41) is 18.7. The normalized spacial score (nSPS) is 12.3. The third kappa shape index (κ3) is 3.20. The quantitative estimate of drug-likeness (QED) is 0.665. The molecule has 1 aromatic heterocycles. The average molecular weight is 340 g/mol. The summed E-state index contributed by atoms with van der Waals surface area (Å²) in [6, 6.07) is 4.52. The zero-order valence-electron chi connectivity index (χ0n) is 10.9. The molecule has 1 heterocycles. The summed E-state index contributed by atoms with van der Waals surface area (Å²) in [5.74, 6) is 0. The molecule has 1 aromatic carbocycles. The van der Waals surface area contributed by atoms with Crippen LogP contribution in [0.2, 0.25) is 0 Å². The fourth-order valence-electron chi connectivity index (χ4n) is 1.72. The molecule has 2 N–H and O–H groups in total. The molecule has 0 saturated heterocycles. The first kappa shape index (κ1) is 14.6. The fraction of sp³-hybridized carbons (Fsp3) is 0.333. The highest BCUT2D eigenvalue weighted by molar-refractivity contribution is 9.10. The van der Waals surface area contributed by atoms with Crippen molar-refractivity contribution in [2.45, 2.75) is 25.9 Å². The molecule has 1 atom stereocenters. The first-order chi connectivity index (χ1) is 9.51. The van der Waals surface area contributed by atoms with Gasteiger partial charge in [-0.15, -0.1) is 5.10 Å². The predicted octanol–water partition coefficient (Wildman–Crippen LogP) is 2.41. The molecule has 0 radical (unpaired) electrons. The maximum absolute atomic E-state index is 10.7. The van der Waals surface area contributed by atoms with Gasteiger partial charge in [0.2, 0.25) is 0 Å². The molecule has 0 aliphatic heterocycles. The van der Waals surface area contributed by atoms with Crippen molar-refractivity contribution in [1.29, 1.82) is 0 Å². The lowest BCUT2D eigenvalue weighted by atomic mass is 10.2. The molecule has 0 spiro atoms. The van der Waals surface area contributed by atoms with Crippen LogP contribution in [0.4, 0.5) is 5.69 Å². The maximum atomic E-state index is 10.7. The van der Waals surface area contributed by atoms with Crippen molar-refractivity contribution in [2.24, 2.45) is 5.73 Å². The van der Waals surface area contributed by atoms with Crippen molar-refractivity contribution in [2.75, 3.05) is 0 Å². The van der Waals surface area contributed by atoms with E-state index in [0.29, 0.717) is 11.0 Å². The monoisotopic (exact) mass is 339 g/mol. The lowest BCUT2D eigenvalue weighted by Gasteiger charge is -2.04. The van der Waals surface area contributed by atoms with E-state index in [4.69, 9.17) is 5.73 Å². The van der Waals surface area contributed by atoms with Gasteiger partial charge in [0.05, 0.1) is 29.4 Å². The highest BCUT2D eigenvalue weighted by Crippen LogP contribution is 2.23. The molecule has 0 saturated carbocycles. The number of non-ortho nitro benzene ring substituents is 1. The van der Waals surface area contributed by atoms with Crippen molar-refractivity contribution in [3.63, 3.8) is 0 Å². The topological polar surface area (TPSA) is 99.9 Å². The van der Waals surface area contributed by atoms with E-state index in [2.05, 4.69) is 26.2 Å². The second kappa shape index (κ2) is 6.10. The largest absolute Gasteiger partial charge is 0.323 e. The van der Waals surface area contributed by atoms with Crippen molar-refractivity contribution in [1.82, 2.24) is 15.0 Å². The average Bonchev–Trinajstić information content (AvgIpc) is 2.88. The fourth-order valence-corrected chi connectivity index (χ4v) is 2.21. The van der Waals surface area contributed by atoms with Gasteiger partial charge >= 0.3 is 0 Å². The van der Waals surface area contributed by atoms with Crippen molar-refractivity contribution in [3.8, 4) is 0 Å². The SMILES string of the molecule is CCC(N)c1cn(Cc2ccc([N+](=O)[O-])cc2Br)nn1. The number of hydrogen-bond acceptors (Lipinski definition) is 5. The van der Waals surface area contributed by atoms with Crippen LogP contribution in [0, 0.1) is 10.1 Å². The molecule has 0 amide bonds. The summed E-state index contributed by atoms with van der Waals surface area (Å²) in [6.07, 6.45) is 2.59. The van der Waals surface area contributed by atoms with Gasteiger partial charge in [0.1, 0.15) is 0 Å². The lowest BCUT2D eigenvalue weighted by molar-refractivity contribution is -0.384. The van der Waals surface area contributed by atoms with E-state index in [-0.39, 0.29) is 11.7 Å². The minimum absolute atomic E-state index is 0.0490. The van der Waals surface area contributed by atoms with Crippen LogP contribution in [-0.2, 0) is 6.54 Å². The van der Waals surface area contributed by atoms with Gasteiger partial charge in [-0.25, -0.2) is 4.68 Å². The molecule has 8 heteroatoms. The molecule has 0 aliphatic carbocycles. The zero-order chi connectivity index (χ0) is 14.7. The molecular formula is C12H14BrN5O2. The van der Waals surface area contributed by atoms with Crippen LogP contribution in [0.1, 0.15) is 30.6 Å². The van der Waals surface area contributed by atoms with Crippen molar-refractivity contribution < 1.29 is 4.92 Å². The van der Waals surface area contributed by atoms with E-state index in [0.717, 1.165) is 17.7 Å². The van der Waals surface area contributed by atoms with Gasteiger partial charge in [0.15, 0.2) is 0 Å². The smallest absolute Gasteiger partial charge is 0.270 e. The molecule has 106 valence electrons. The molecular weight excluding hydrogens is 326 g/mol. The van der Waals surface area contributed by atoms with Crippen LogP contribution in [0.15, 0.2) is 28.9 Å². The van der Waals surface area contributed by atoms with Gasteiger partial charge in [-0.3, -0.25) is 10.1 Å². The first-order valence-electron chi connectivity index (χ1n) is 6.09. The number of nitro groups is 1. The second-order valence-electron chi connectivity index (χ2n) is 4.39. The number of nitrogens with two attached hydrogens (primary N) is 1. The summed E-state index contributed by atoms with van der Waals surface area (Å²) in [5.41, 5.74) is 7.56. The third-order valence-corrected chi connectivity index (χ3v) is 3.69. The molecule has 1 unspecified atom stereocenters. The van der Waals surface area contributed by atoms with Crippen LogP contribution in [-0.4, -0.2) is 19.9 Å².